The van der Waals surface area contributed by atoms with E-state index in [4.69, 9.17) is 17.3 Å². The Balaban J connectivity index is 3.07. The van der Waals surface area contributed by atoms with Gasteiger partial charge in [-0.1, -0.05) is 39.2 Å². The molecule has 0 aromatic heterocycles. The van der Waals surface area contributed by atoms with Crippen LogP contribution in [0, 0.1) is 0 Å². The highest BCUT2D eigenvalue weighted by Gasteiger charge is 1.97. The monoisotopic (exact) mass is 259 g/mol. The summed E-state index contributed by atoms with van der Waals surface area (Å²) < 4.78 is 1.03. The van der Waals surface area contributed by atoms with Gasteiger partial charge < -0.3 is 5.73 Å². The highest BCUT2D eigenvalue weighted by atomic mass is 79.9. The molecule has 0 amide bonds. The normalized spacial score (nSPS) is 11.8. The molecule has 0 aliphatic heterocycles. The molecule has 0 atom stereocenters. The minimum atomic E-state index is 0.568. The van der Waals surface area contributed by atoms with Crippen molar-refractivity contribution in [3.05, 3.63) is 38.8 Å². The van der Waals surface area contributed by atoms with Gasteiger partial charge in [-0.05, 0) is 30.7 Å². The van der Waals surface area contributed by atoms with Crippen LogP contribution in [-0.4, -0.2) is 6.54 Å². The molecule has 0 radical (unpaired) electrons. The summed E-state index contributed by atoms with van der Waals surface area (Å²) in [5.41, 5.74) is 7.68. The van der Waals surface area contributed by atoms with Crippen LogP contribution < -0.4 is 5.73 Å². The third-order valence-corrected chi connectivity index (χ3v) is 2.64. The van der Waals surface area contributed by atoms with Gasteiger partial charge in [0.2, 0.25) is 0 Å². The largest absolute Gasteiger partial charge is 0.327 e. The summed E-state index contributed by atoms with van der Waals surface area (Å²) in [5, 5.41) is 0.735. The molecular weight excluding hydrogens is 249 g/mol. The average Bonchev–Trinajstić information content (AvgIpc) is 2.11. The molecule has 3 heteroatoms. The zero-order chi connectivity index (χ0) is 9.84. The van der Waals surface area contributed by atoms with E-state index < -0.39 is 0 Å². The van der Waals surface area contributed by atoms with Gasteiger partial charge >= 0.3 is 0 Å². The smallest absolute Gasteiger partial charge is 0.0412 e. The van der Waals surface area contributed by atoms with Gasteiger partial charge in [0.25, 0.3) is 0 Å². The van der Waals surface area contributed by atoms with Crippen molar-refractivity contribution in [3.63, 3.8) is 0 Å². The van der Waals surface area contributed by atoms with Crippen LogP contribution in [0.15, 0.2) is 28.2 Å². The first-order chi connectivity index (χ1) is 6.13. The van der Waals surface area contributed by atoms with Crippen molar-refractivity contribution in [2.45, 2.75) is 6.92 Å². The molecule has 0 heterocycles. The highest BCUT2D eigenvalue weighted by Crippen LogP contribution is 2.23. The van der Waals surface area contributed by atoms with Gasteiger partial charge in [-0.2, -0.15) is 0 Å². The number of benzene rings is 1. The molecular formula is C10H11BrClN. The van der Waals surface area contributed by atoms with Gasteiger partial charge in [-0.15, -0.1) is 0 Å². The predicted octanol–water partition coefficient (Wildman–Crippen LogP) is 3.46. The van der Waals surface area contributed by atoms with Crippen LogP contribution in [0.1, 0.15) is 12.5 Å². The third-order valence-electron chi connectivity index (χ3n) is 1.68. The quantitative estimate of drug-likeness (QED) is 0.866. The molecule has 13 heavy (non-hydrogen) atoms. The van der Waals surface area contributed by atoms with Gasteiger partial charge in [-0.25, -0.2) is 0 Å². The second-order valence-electron chi connectivity index (χ2n) is 2.86. The van der Waals surface area contributed by atoms with Crippen molar-refractivity contribution in [1.82, 2.24) is 0 Å². The van der Waals surface area contributed by atoms with E-state index in [-0.39, 0.29) is 0 Å². The lowest BCUT2D eigenvalue weighted by Crippen LogP contribution is -1.99. The second kappa shape index (κ2) is 4.80. The lowest BCUT2D eigenvalue weighted by molar-refractivity contribution is 1.15. The van der Waals surface area contributed by atoms with Crippen LogP contribution in [0.2, 0.25) is 5.02 Å². The fourth-order valence-electron chi connectivity index (χ4n) is 0.950. The molecule has 1 aromatic rings. The maximum Gasteiger partial charge on any atom is 0.0412 e. The summed E-state index contributed by atoms with van der Waals surface area (Å²) in [5.74, 6) is 0. The van der Waals surface area contributed by atoms with Gasteiger partial charge in [0.05, 0.1) is 0 Å². The molecule has 0 saturated heterocycles. The lowest BCUT2D eigenvalue weighted by atomic mass is 10.1. The van der Waals surface area contributed by atoms with E-state index in [0.29, 0.717) is 6.54 Å². The van der Waals surface area contributed by atoms with Crippen molar-refractivity contribution in [3.8, 4) is 0 Å². The van der Waals surface area contributed by atoms with Crippen LogP contribution in [0.3, 0.4) is 0 Å². The molecule has 0 fully saturated rings. The lowest BCUT2D eigenvalue weighted by Gasteiger charge is -2.01. The van der Waals surface area contributed by atoms with Crippen molar-refractivity contribution >= 4 is 33.6 Å². The van der Waals surface area contributed by atoms with E-state index >= 15 is 0 Å². The molecule has 70 valence electrons. The summed E-state index contributed by atoms with van der Waals surface area (Å²) in [6.07, 6.45) is 2.02. The molecule has 2 N–H and O–H groups in total. The first-order valence-electron chi connectivity index (χ1n) is 3.96. The molecule has 0 bridgehead atoms. The Morgan fingerprint density at radius 2 is 2.31 bits per heavy atom. The number of hydrogen-bond acceptors (Lipinski definition) is 1. The summed E-state index contributed by atoms with van der Waals surface area (Å²) in [4.78, 5) is 0. The Hall–Kier alpha value is -0.310. The average molecular weight is 261 g/mol. The molecule has 0 saturated carbocycles. The Bertz CT molecular complexity index is 334. The first kappa shape index (κ1) is 10.8. The summed E-state index contributed by atoms with van der Waals surface area (Å²) >= 11 is 9.31. The van der Waals surface area contributed by atoms with E-state index in [1.807, 2.05) is 31.2 Å². The zero-order valence-corrected chi connectivity index (χ0v) is 9.69. The molecule has 1 nitrogen and oxygen atoms in total. The van der Waals surface area contributed by atoms with Crippen LogP contribution in [0.5, 0.6) is 0 Å². The Kier molecular flexibility index (Phi) is 3.97. The number of nitrogens with two attached hydrogens (primary N) is 1. The van der Waals surface area contributed by atoms with Gasteiger partial charge in [0, 0.05) is 16.0 Å². The Morgan fingerprint density at radius 3 is 2.92 bits per heavy atom. The van der Waals surface area contributed by atoms with Crippen LogP contribution in [-0.2, 0) is 0 Å². The highest BCUT2D eigenvalue weighted by molar-refractivity contribution is 9.10. The fourth-order valence-corrected chi connectivity index (χ4v) is 1.49. The van der Waals surface area contributed by atoms with Crippen molar-refractivity contribution in [2.75, 3.05) is 6.54 Å². The van der Waals surface area contributed by atoms with Gasteiger partial charge in [0.1, 0.15) is 0 Å². The number of halogens is 2. The van der Waals surface area contributed by atoms with Crippen LogP contribution >= 0.6 is 27.5 Å². The van der Waals surface area contributed by atoms with Crippen molar-refractivity contribution in [2.24, 2.45) is 5.73 Å². The summed E-state index contributed by atoms with van der Waals surface area (Å²) in [6.45, 7) is 2.56. The Morgan fingerprint density at radius 1 is 1.62 bits per heavy atom. The molecule has 1 aromatic carbocycles. The van der Waals surface area contributed by atoms with Crippen molar-refractivity contribution < 1.29 is 0 Å². The van der Waals surface area contributed by atoms with Gasteiger partial charge in [0.15, 0.2) is 0 Å². The van der Waals surface area contributed by atoms with Crippen LogP contribution in [0.4, 0.5) is 0 Å². The van der Waals surface area contributed by atoms with E-state index in [0.717, 1.165) is 20.6 Å². The first-order valence-corrected chi connectivity index (χ1v) is 5.13. The standard InChI is InChI=1S/C10H11BrClN/c1-7(6-13)4-8-5-9(12)2-3-10(8)11/h2-5H,6,13H2,1H3. The van der Waals surface area contributed by atoms with Crippen LogP contribution in [0.25, 0.3) is 6.08 Å². The molecule has 1 rings (SSSR count). The van der Waals surface area contributed by atoms with E-state index in [1.165, 1.54) is 0 Å². The van der Waals surface area contributed by atoms with Crippen molar-refractivity contribution in [1.29, 1.82) is 0 Å². The molecule has 0 aliphatic rings. The van der Waals surface area contributed by atoms with Gasteiger partial charge in [-0.3, -0.25) is 0 Å². The van der Waals surface area contributed by atoms with E-state index in [9.17, 15) is 0 Å². The molecule has 0 spiro atoms. The number of rotatable bonds is 2. The minimum Gasteiger partial charge on any atom is -0.327 e. The maximum atomic E-state index is 5.86. The maximum absolute atomic E-state index is 5.86. The zero-order valence-electron chi connectivity index (χ0n) is 7.35. The SMILES string of the molecule is CC(=Cc1cc(Cl)ccc1Br)CN. The molecule has 0 unspecified atom stereocenters. The fraction of sp³-hybridized carbons (Fsp3) is 0.200. The second-order valence-corrected chi connectivity index (χ2v) is 4.15. The summed E-state index contributed by atoms with van der Waals surface area (Å²) in [6, 6.07) is 5.68. The predicted molar refractivity (Wildman–Crippen MR) is 61.9 cm³/mol. The number of hydrogen-bond donors (Lipinski definition) is 1. The molecule has 0 aliphatic carbocycles. The summed E-state index contributed by atoms with van der Waals surface area (Å²) in [7, 11) is 0. The Labute approximate surface area is 91.7 Å². The topological polar surface area (TPSA) is 26.0 Å². The van der Waals surface area contributed by atoms with E-state index in [1.54, 1.807) is 0 Å². The van der Waals surface area contributed by atoms with E-state index in [2.05, 4.69) is 15.9 Å². The minimum absolute atomic E-state index is 0.568. The third kappa shape index (κ3) is 3.14.